The van der Waals surface area contributed by atoms with Gasteiger partial charge in [0.2, 0.25) is 0 Å². The van der Waals surface area contributed by atoms with Crippen LogP contribution in [0.3, 0.4) is 0 Å². The van der Waals surface area contributed by atoms with E-state index in [2.05, 4.69) is 0 Å². The van der Waals surface area contributed by atoms with E-state index in [1.165, 1.54) is 0 Å². The van der Waals surface area contributed by atoms with Crippen molar-refractivity contribution < 1.29 is 16.8 Å². The zero-order valence-corrected chi connectivity index (χ0v) is 10.3. The first-order chi connectivity index (χ1) is 5.21. The number of halogens is 4. The molecule has 0 heterocycles. The van der Waals surface area contributed by atoms with Crippen molar-refractivity contribution in [1.82, 2.24) is 0 Å². The Kier molecular flexibility index (Phi) is 3.17. The molecule has 84 valence electrons. The molecule has 0 radical (unpaired) electrons. The number of rotatable bonds is 4. The van der Waals surface area contributed by atoms with E-state index in [1.54, 1.807) is 0 Å². The summed E-state index contributed by atoms with van der Waals surface area (Å²) in [5.74, 6) is 0. The molecular weight excluding hydrogens is 222 g/mol. The molecule has 0 bridgehead atoms. The van der Waals surface area contributed by atoms with Crippen molar-refractivity contribution in [3.63, 3.8) is 0 Å². The summed E-state index contributed by atoms with van der Waals surface area (Å²) in [6.07, 6.45) is -0.756. The maximum absolute atomic E-state index is 13.0. The Morgan fingerprint density at radius 1 is 0.692 bits per heavy atom. The molecule has 0 aromatic carbocycles. The fourth-order valence-electron chi connectivity index (χ4n) is 0.942. The topological polar surface area (TPSA) is 0 Å². The van der Waals surface area contributed by atoms with Crippen LogP contribution in [-0.2, 0) is 0 Å². The summed E-state index contributed by atoms with van der Waals surface area (Å²) in [6.45, 7) is 3.62. The van der Waals surface area contributed by atoms with Crippen LogP contribution in [0.25, 0.3) is 0 Å². The molecule has 0 rings (SSSR count). The number of hydrogen-bond donors (Lipinski definition) is 0. The minimum absolute atomic E-state index is 0.0599. The summed E-state index contributed by atoms with van der Waals surface area (Å²) >= 11 is 0. The predicted molar refractivity (Wildman–Crippen MR) is 56.3 cm³/mol. The third-order valence-corrected chi connectivity index (χ3v) is 4.65. The van der Waals surface area contributed by atoms with Gasteiger partial charge >= 0.3 is 76.6 Å². The molecule has 0 saturated heterocycles. The van der Waals surface area contributed by atoms with Gasteiger partial charge in [0.25, 0.3) is 0 Å². The average Bonchev–Trinajstić information content (AvgIpc) is 1.49. The second kappa shape index (κ2) is 3.03. The van der Waals surface area contributed by atoms with Crippen molar-refractivity contribution >= 4 is 14.4 Å². The van der Waals surface area contributed by atoms with Crippen LogP contribution >= 0.6 is 14.4 Å². The second-order valence-corrected chi connectivity index (χ2v) is 14.0. The maximum atomic E-state index is 13.0. The Labute approximate surface area is 77.4 Å². The molecule has 0 aliphatic heterocycles. The standard InChI is InChI=1S/C7H18F4P2/c1-12(2,8,9)6-5-7-13(3,4,10)11/h5-7H2,1-4H3. The van der Waals surface area contributed by atoms with E-state index in [9.17, 15) is 16.8 Å². The van der Waals surface area contributed by atoms with Crippen molar-refractivity contribution in [3.8, 4) is 0 Å². The predicted octanol–water partition coefficient (Wildman–Crippen LogP) is 4.54. The molecular formula is C7H18F4P2. The summed E-state index contributed by atoms with van der Waals surface area (Å²) < 4.78 is 52.0. The van der Waals surface area contributed by atoms with Gasteiger partial charge in [-0.05, 0) is 0 Å². The van der Waals surface area contributed by atoms with E-state index >= 15 is 0 Å². The van der Waals surface area contributed by atoms with Crippen molar-refractivity contribution in [2.75, 3.05) is 39.0 Å². The molecule has 0 unspecified atom stereocenters. The van der Waals surface area contributed by atoms with Crippen molar-refractivity contribution in [2.24, 2.45) is 0 Å². The molecule has 6 heteroatoms. The van der Waals surface area contributed by atoms with Crippen LogP contribution in [-0.4, -0.2) is 39.0 Å². The summed E-state index contributed by atoms with van der Waals surface area (Å²) in [7, 11) is -9.11. The molecule has 0 aliphatic carbocycles. The Hall–Kier alpha value is 0.580. The monoisotopic (exact) mass is 240 g/mol. The molecule has 0 aliphatic rings. The summed E-state index contributed by atoms with van der Waals surface area (Å²) in [4.78, 5) is 0. The molecule has 13 heavy (non-hydrogen) atoms. The van der Waals surface area contributed by atoms with Crippen LogP contribution in [0.1, 0.15) is 6.42 Å². The van der Waals surface area contributed by atoms with Gasteiger partial charge in [-0.2, -0.15) is 0 Å². The van der Waals surface area contributed by atoms with Crippen LogP contribution in [0.4, 0.5) is 16.8 Å². The van der Waals surface area contributed by atoms with Crippen molar-refractivity contribution in [3.05, 3.63) is 0 Å². The Morgan fingerprint density at radius 3 is 1.08 bits per heavy atom. The normalized spacial score (nSPS) is 20.0. The Bertz CT molecular complexity index is 158. The van der Waals surface area contributed by atoms with Crippen molar-refractivity contribution in [2.45, 2.75) is 6.42 Å². The van der Waals surface area contributed by atoms with Crippen LogP contribution < -0.4 is 0 Å². The van der Waals surface area contributed by atoms with Gasteiger partial charge in [-0.1, -0.05) is 0 Å². The van der Waals surface area contributed by atoms with Crippen molar-refractivity contribution in [1.29, 1.82) is 0 Å². The van der Waals surface area contributed by atoms with E-state index in [-0.39, 0.29) is 18.7 Å². The quantitative estimate of drug-likeness (QED) is 0.500. The molecule has 0 nitrogen and oxygen atoms in total. The van der Waals surface area contributed by atoms with Gasteiger partial charge in [-0.25, -0.2) is 0 Å². The van der Waals surface area contributed by atoms with Crippen LogP contribution in [0, 0.1) is 0 Å². The summed E-state index contributed by atoms with van der Waals surface area (Å²) in [5.41, 5.74) is 0. The molecule has 0 amide bonds. The van der Waals surface area contributed by atoms with Gasteiger partial charge < -0.3 is 0 Å². The molecule has 0 aromatic heterocycles. The summed E-state index contributed by atoms with van der Waals surface area (Å²) in [6, 6.07) is 0. The van der Waals surface area contributed by atoms with Gasteiger partial charge in [0.15, 0.2) is 0 Å². The molecule has 0 aromatic rings. The van der Waals surface area contributed by atoms with Gasteiger partial charge in [-0.15, -0.1) is 0 Å². The van der Waals surface area contributed by atoms with Crippen LogP contribution in [0.15, 0.2) is 0 Å². The van der Waals surface area contributed by atoms with Gasteiger partial charge in [-0.3, -0.25) is 0 Å². The molecule has 0 atom stereocenters. The molecule has 0 spiro atoms. The van der Waals surface area contributed by atoms with Crippen LogP contribution in [0.5, 0.6) is 0 Å². The van der Waals surface area contributed by atoms with E-state index in [0.717, 1.165) is 26.7 Å². The Balaban J connectivity index is 3.98. The average molecular weight is 240 g/mol. The summed E-state index contributed by atoms with van der Waals surface area (Å²) in [5, 5.41) is 0. The Morgan fingerprint density at radius 2 is 0.923 bits per heavy atom. The minimum atomic E-state index is -4.56. The first-order valence-corrected chi connectivity index (χ1v) is 10.3. The first kappa shape index (κ1) is 13.6. The molecule has 0 fully saturated rings. The van der Waals surface area contributed by atoms with Gasteiger partial charge in [0.1, 0.15) is 0 Å². The van der Waals surface area contributed by atoms with Gasteiger partial charge in [0, 0.05) is 0 Å². The second-order valence-electron chi connectivity index (χ2n) is 4.92. The van der Waals surface area contributed by atoms with E-state index in [0.29, 0.717) is 0 Å². The molecule has 0 saturated carbocycles. The zero-order chi connectivity index (χ0) is 11.0. The third-order valence-electron chi connectivity index (χ3n) is 1.55. The zero-order valence-electron chi connectivity index (χ0n) is 8.53. The van der Waals surface area contributed by atoms with E-state index in [4.69, 9.17) is 0 Å². The van der Waals surface area contributed by atoms with E-state index in [1.807, 2.05) is 0 Å². The number of hydrogen-bond acceptors (Lipinski definition) is 0. The van der Waals surface area contributed by atoms with E-state index < -0.39 is 14.4 Å². The fraction of sp³-hybridized carbons (Fsp3) is 1.00. The van der Waals surface area contributed by atoms with Crippen LogP contribution in [0.2, 0.25) is 0 Å². The molecule has 0 N–H and O–H groups in total. The first-order valence-electron chi connectivity index (χ1n) is 4.10. The van der Waals surface area contributed by atoms with Gasteiger partial charge in [0.05, 0.1) is 0 Å². The third kappa shape index (κ3) is 12.6. The SMILES string of the molecule is CP(C)(F)(F)CCCP(C)(C)(F)F. The fourth-order valence-corrected chi connectivity index (χ4v) is 3.25.